The molecule has 0 saturated heterocycles. The number of ether oxygens (including phenoxy) is 1. The minimum Gasteiger partial charge on any atom is -0.465 e. The molecule has 2 aromatic heterocycles. The van der Waals surface area contributed by atoms with Crippen LogP contribution in [0.3, 0.4) is 0 Å². The van der Waals surface area contributed by atoms with E-state index >= 15 is 0 Å². The highest BCUT2D eigenvalue weighted by Crippen LogP contribution is 2.29. The van der Waals surface area contributed by atoms with Crippen LogP contribution >= 0.6 is 27.7 Å². The van der Waals surface area contributed by atoms with Crippen molar-refractivity contribution in [1.82, 2.24) is 19.7 Å². The minimum absolute atomic E-state index is 0.276. The highest BCUT2D eigenvalue weighted by atomic mass is 79.9. The molecular formula is C15H15BrN4O2S. The zero-order chi connectivity index (χ0) is 16.6. The van der Waals surface area contributed by atoms with Crippen molar-refractivity contribution in [2.75, 3.05) is 6.61 Å². The maximum atomic E-state index is 11.7. The Balaban J connectivity index is 2.01. The van der Waals surface area contributed by atoms with Gasteiger partial charge in [0, 0.05) is 16.9 Å². The van der Waals surface area contributed by atoms with Crippen molar-refractivity contribution in [3.8, 4) is 0 Å². The van der Waals surface area contributed by atoms with Crippen molar-refractivity contribution in [1.29, 1.82) is 0 Å². The van der Waals surface area contributed by atoms with Crippen LogP contribution in [0.1, 0.15) is 13.8 Å². The Morgan fingerprint density at radius 2 is 2.22 bits per heavy atom. The van der Waals surface area contributed by atoms with Gasteiger partial charge in [-0.3, -0.25) is 4.79 Å². The second-order valence-corrected chi connectivity index (χ2v) is 7.22. The molecule has 8 heteroatoms. The molecule has 23 heavy (non-hydrogen) atoms. The highest BCUT2D eigenvalue weighted by molar-refractivity contribution is 9.10. The summed E-state index contributed by atoms with van der Waals surface area (Å²) in [5.41, 5.74) is 2.52. The number of carbonyl (C=O) groups excluding carboxylic acids is 1. The van der Waals surface area contributed by atoms with E-state index in [1.54, 1.807) is 13.8 Å². The van der Waals surface area contributed by atoms with Gasteiger partial charge in [-0.15, -0.1) is 10.2 Å². The second kappa shape index (κ2) is 6.45. The fourth-order valence-corrected chi connectivity index (χ4v) is 3.40. The molecule has 0 amide bonds. The molecule has 2 heterocycles. The average molecular weight is 395 g/mol. The summed E-state index contributed by atoms with van der Waals surface area (Å²) in [5.74, 6) is -0.276. The number of halogens is 1. The number of nitrogens with zero attached hydrogens (tertiary/aromatic N) is 4. The number of carbonyl (C=O) groups is 1. The van der Waals surface area contributed by atoms with E-state index in [0.29, 0.717) is 11.8 Å². The third kappa shape index (κ3) is 3.05. The van der Waals surface area contributed by atoms with Crippen LogP contribution < -0.4 is 0 Å². The van der Waals surface area contributed by atoms with Crippen LogP contribution in [-0.4, -0.2) is 37.6 Å². The fourth-order valence-electron chi connectivity index (χ4n) is 2.33. The van der Waals surface area contributed by atoms with E-state index in [-0.39, 0.29) is 11.2 Å². The Kier molecular flexibility index (Phi) is 4.54. The molecule has 0 saturated carbocycles. The first-order chi connectivity index (χ1) is 11.0. The highest BCUT2D eigenvalue weighted by Gasteiger charge is 2.19. The minimum atomic E-state index is -0.377. The van der Waals surface area contributed by atoms with Crippen LogP contribution in [0.4, 0.5) is 0 Å². The molecule has 1 atom stereocenters. The molecule has 1 aromatic carbocycles. The fraction of sp³-hybridized carbons (Fsp3) is 0.333. The van der Waals surface area contributed by atoms with Crippen LogP contribution in [0, 0.1) is 0 Å². The zero-order valence-corrected chi connectivity index (χ0v) is 15.3. The number of thioether (sulfide) groups is 1. The van der Waals surface area contributed by atoms with Crippen LogP contribution in [0.15, 0.2) is 27.8 Å². The van der Waals surface area contributed by atoms with E-state index in [9.17, 15) is 4.79 Å². The number of hydrogen-bond acceptors (Lipinski definition) is 6. The smallest absolute Gasteiger partial charge is 0.319 e. The van der Waals surface area contributed by atoms with Crippen molar-refractivity contribution < 1.29 is 9.53 Å². The summed E-state index contributed by atoms with van der Waals surface area (Å²) in [5, 5.41) is 9.53. The molecule has 0 spiro atoms. The van der Waals surface area contributed by atoms with Crippen molar-refractivity contribution in [3.05, 3.63) is 22.7 Å². The molecule has 0 aliphatic carbocycles. The third-order valence-electron chi connectivity index (χ3n) is 3.44. The number of aromatic nitrogens is 4. The van der Waals surface area contributed by atoms with Gasteiger partial charge >= 0.3 is 5.97 Å². The Labute approximate surface area is 145 Å². The standard InChI is InChI=1S/C15H15BrN4O2S/c1-4-22-14(21)8(2)23-15-17-13-12(18-19-15)10-7-9(16)5-6-11(10)20(13)3/h5-8H,4H2,1-3H3/t8-/m1/s1. The normalized spacial score (nSPS) is 12.7. The van der Waals surface area contributed by atoms with Gasteiger partial charge in [0.2, 0.25) is 5.16 Å². The van der Waals surface area contributed by atoms with Gasteiger partial charge in [-0.25, -0.2) is 4.98 Å². The molecule has 0 radical (unpaired) electrons. The van der Waals surface area contributed by atoms with E-state index in [1.807, 2.05) is 29.8 Å². The van der Waals surface area contributed by atoms with Gasteiger partial charge in [0.15, 0.2) is 5.65 Å². The molecule has 0 aliphatic rings. The van der Waals surface area contributed by atoms with Gasteiger partial charge in [-0.05, 0) is 32.0 Å². The molecule has 0 N–H and O–H groups in total. The lowest BCUT2D eigenvalue weighted by Crippen LogP contribution is -2.17. The van der Waals surface area contributed by atoms with Crippen molar-refractivity contribution in [2.45, 2.75) is 24.3 Å². The third-order valence-corrected chi connectivity index (χ3v) is 4.87. The summed E-state index contributed by atoms with van der Waals surface area (Å²) in [6.45, 7) is 3.92. The topological polar surface area (TPSA) is 69.9 Å². The van der Waals surface area contributed by atoms with E-state index in [0.717, 1.165) is 26.5 Å². The first kappa shape index (κ1) is 16.2. The van der Waals surface area contributed by atoms with E-state index in [1.165, 1.54) is 11.8 Å². The van der Waals surface area contributed by atoms with Gasteiger partial charge in [-0.2, -0.15) is 0 Å². The van der Waals surface area contributed by atoms with Crippen molar-refractivity contribution in [2.24, 2.45) is 7.05 Å². The summed E-state index contributed by atoms with van der Waals surface area (Å²) < 4.78 is 7.96. The molecule has 0 fully saturated rings. The summed E-state index contributed by atoms with van der Waals surface area (Å²) in [4.78, 5) is 16.3. The van der Waals surface area contributed by atoms with Crippen LogP contribution in [0.2, 0.25) is 0 Å². The summed E-state index contributed by atoms with van der Waals surface area (Å²) in [7, 11) is 1.94. The Hall–Kier alpha value is -1.67. The Morgan fingerprint density at radius 1 is 1.43 bits per heavy atom. The Bertz CT molecular complexity index is 896. The van der Waals surface area contributed by atoms with Crippen LogP contribution in [0.25, 0.3) is 22.1 Å². The molecule has 120 valence electrons. The quantitative estimate of drug-likeness (QED) is 0.499. The molecule has 6 nitrogen and oxygen atoms in total. The summed E-state index contributed by atoms with van der Waals surface area (Å²) in [6.07, 6.45) is 0. The lowest BCUT2D eigenvalue weighted by molar-refractivity contribution is -0.142. The lowest BCUT2D eigenvalue weighted by Gasteiger charge is -2.08. The first-order valence-electron chi connectivity index (χ1n) is 7.13. The Morgan fingerprint density at radius 3 is 2.96 bits per heavy atom. The summed E-state index contributed by atoms with van der Waals surface area (Å²) >= 11 is 4.72. The van der Waals surface area contributed by atoms with Gasteiger partial charge in [0.1, 0.15) is 10.8 Å². The molecule has 3 aromatic rings. The number of aryl methyl sites for hydroxylation is 1. The molecule has 0 bridgehead atoms. The van der Waals surface area contributed by atoms with Crippen molar-refractivity contribution in [3.63, 3.8) is 0 Å². The number of fused-ring (bicyclic) bond motifs is 3. The van der Waals surface area contributed by atoms with Gasteiger partial charge in [-0.1, -0.05) is 27.7 Å². The number of hydrogen-bond donors (Lipinski definition) is 0. The van der Waals surface area contributed by atoms with E-state index in [4.69, 9.17) is 4.74 Å². The number of esters is 1. The predicted octanol–water partition coefficient (Wildman–Crippen LogP) is 3.32. The maximum Gasteiger partial charge on any atom is 0.319 e. The lowest BCUT2D eigenvalue weighted by atomic mass is 10.2. The van der Waals surface area contributed by atoms with Crippen molar-refractivity contribution >= 4 is 55.7 Å². The van der Waals surface area contributed by atoms with Crippen LogP contribution in [0.5, 0.6) is 0 Å². The van der Waals surface area contributed by atoms with Crippen LogP contribution in [-0.2, 0) is 16.6 Å². The van der Waals surface area contributed by atoms with Gasteiger partial charge in [0.05, 0.1) is 12.1 Å². The molecule has 0 aliphatic heterocycles. The van der Waals surface area contributed by atoms with E-state index in [2.05, 4.69) is 31.1 Å². The number of benzene rings is 1. The van der Waals surface area contributed by atoms with E-state index < -0.39 is 0 Å². The maximum absolute atomic E-state index is 11.7. The molecular weight excluding hydrogens is 380 g/mol. The average Bonchev–Trinajstić information content (AvgIpc) is 2.80. The second-order valence-electron chi connectivity index (χ2n) is 5.00. The largest absolute Gasteiger partial charge is 0.465 e. The van der Waals surface area contributed by atoms with Gasteiger partial charge in [0.25, 0.3) is 0 Å². The number of rotatable bonds is 4. The zero-order valence-electron chi connectivity index (χ0n) is 12.9. The first-order valence-corrected chi connectivity index (χ1v) is 8.80. The monoisotopic (exact) mass is 394 g/mol. The molecule has 0 unspecified atom stereocenters. The predicted molar refractivity (Wildman–Crippen MR) is 93.5 cm³/mol. The molecule has 3 rings (SSSR count). The van der Waals surface area contributed by atoms with Gasteiger partial charge < -0.3 is 9.30 Å². The summed E-state index contributed by atoms with van der Waals surface area (Å²) in [6, 6.07) is 5.99. The SMILES string of the molecule is CCOC(=O)[C@@H](C)Sc1nnc2c3cc(Br)ccc3n(C)c2n1.